The molecule has 144 valence electrons. The zero-order chi connectivity index (χ0) is 19.6. The number of thiocarbonyl (C=S) groups is 1. The summed E-state index contributed by atoms with van der Waals surface area (Å²) in [5, 5.41) is 3.25. The zero-order valence-electron chi connectivity index (χ0n) is 15.5. The van der Waals surface area contributed by atoms with Gasteiger partial charge in [-0.1, -0.05) is 24.3 Å². The molecule has 0 saturated carbocycles. The second kappa shape index (κ2) is 10.6. The lowest BCUT2D eigenvalue weighted by Gasteiger charge is -2.13. The monoisotopic (exact) mass is 405 g/mol. The first-order chi connectivity index (χ1) is 13.0. The molecule has 0 aliphatic carbocycles. The van der Waals surface area contributed by atoms with E-state index in [4.69, 9.17) is 21.7 Å². The number of carbonyl (C=O) groups is 1. The average molecular weight is 406 g/mol. The summed E-state index contributed by atoms with van der Waals surface area (Å²) in [6.45, 7) is 2.07. The molecule has 0 atom stereocenters. The lowest BCUT2D eigenvalue weighted by atomic mass is 10.1. The molecule has 0 radical (unpaired) electrons. The maximum atomic E-state index is 11.9. The van der Waals surface area contributed by atoms with Crippen molar-refractivity contribution in [3.05, 3.63) is 53.6 Å². The van der Waals surface area contributed by atoms with Gasteiger partial charge in [0.2, 0.25) is 5.91 Å². The van der Waals surface area contributed by atoms with Crippen LogP contribution in [-0.4, -0.2) is 31.0 Å². The van der Waals surface area contributed by atoms with Crippen molar-refractivity contribution in [3.63, 3.8) is 0 Å². The number of amides is 1. The van der Waals surface area contributed by atoms with Crippen molar-refractivity contribution in [1.29, 1.82) is 0 Å². The van der Waals surface area contributed by atoms with Gasteiger partial charge in [0.25, 0.3) is 0 Å². The van der Waals surface area contributed by atoms with Crippen LogP contribution in [0.25, 0.3) is 0 Å². The van der Waals surface area contributed by atoms with Gasteiger partial charge in [-0.25, -0.2) is 0 Å². The van der Waals surface area contributed by atoms with Crippen LogP contribution in [0.1, 0.15) is 11.1 Å². The third kappa shape index (κ3) is 6.65. The summed E-state index contributed by atoms with van der Waals surface area (Å²) < 4.78 is 10.4. The average Bonchev–Trinajstić information content (AvgIpc) is 2.67. The molecule has 0 fully saturated rings. The fourth-order valence-electron chi connectivity index (χ4n) is 2.26. The van der Waals surface area contributed by atoms with E-state index in [0.29, 0.717) is 22.9 Å². The predicted molar refractivity (Wildman–Crippen MR) is 114 cm³/mol. The summed E-state index contributed by atoms with van der Waals surface area (Å²) >= 11 is 6.73. The molecule has 0 heterocycles. The highest BCUT2D eigenvalue weighted by atomic mass is 32.2. The van der Waals surface area contributed by atoms with Crippen LogP contribution >= 0.6 is 24.0 Å². The van der Waals surface area contributed by atoms with Crippen LogP contribution in [0.2, 0.25) is 0 Å². The molecule has 6 nitrogen and oxygen atoms in total. The maximum Gasteiger partial charge on any atom is 0.248 e. The summed E-state index contributed by atoms with van der Waals surface area (Å²) in [5.74, 6) is 2.18. The maximum absolute atomic E-state index is 11.9. The van der Waals surface area contributed by atoms with Gasteiger partial charge in [-0.15, -0.1) is 11.8 Å². The minimum Gasteiger partial charge on any atom is -0.493 e. The molecule has 0 unspecified atom stereocenters. The number of ether oxygens (including phenoxy) is 2. The number of hydrazine groups is 1. The van der Waals surface area contributed by atoms with Crippen LogP contribution in [0, 0.1) is 6.92 Å². The zero-order valence-corrected chi connectivity index (χ0v) is 17.1. The Hall–Kier alpha value is -2.45. The molecule has 0 aliphatic heterocycles. The number of hydrogen-bond acceptors (Lipinski definition) is 5. The van der Waals surface area contributed by atoms with E-state index in [0.717, 1.165) is 5.75 Å². The van der Waals surface area contributed by atoms with Crippen molar-refractivity contribution >= 4 is 40.7 Å². The van der Waals surface area contributed by atoms with E-state index >= 15 is 0 Å². The smallest absolute Gasteiger partial charge is 0.248 e. The molecule has 2 aromatic rings. The van der Waals surface area contributed by atoms with E-state index < -0.39 is 0 Å². The van der Waals surface area contributed by atoms with Gasteiger partial charge in [-0.3, -0.25) is 15.6 Å². The van der Waals surface area contributed by atoms with Gasteiger partial charge in [-0.2, -0.15) is 0 Å². The van der Waals surface area contributed by atoms with Crippen LogP contribution in [0.5, 0.6) is 11.5 Å². The Kier molecular flexibility index (Phi) is 8.22. The van der Waals surface area contributed by atoms with Crippen LogP contribution in [0.3, 0.4) is 0 Å². The number of nitrogens with one attached hydrogen (secondary N) is 3. The number of carbonyl (C=O) groups excluding carboxylic acids is 1. The fraction of sp³-hybridized carbons (Fsp3) is 0.263. The highest BCUT2D eigenvalue weighted by Gasteiger charge is 2.07. The van der Waals surface area contributed by atoms with Gasteiger partial charge in [0.05, 0.1) is 20.0 Å². The van der Waals surface area contributed by atoms with Crippen molar-refractivity contribution in [2.75, 3.05) is 25.3 Å². The number of anilines is 1. The highest BCUT2D eigenvalue weighted by Crippen LogP contribution is 2.29. The molecule has 0 aromatic heterocycles. The third-order valence-corrected chi connectivity index (χ3v) is 4.89. The molecular weight excluding hydrogens is 382 g/mol. The first-order valence-corrected chi connectivity index (χ1v) is 9.80. The van der Waals surface area contributed by atoms with Gasteiger partial charge < -0.3 is 14.8 Å². The molecule has 3 N–H and O–H groups in total. The quantitative estimate of drug-likeness (QED) is 0.482. The molecule has 0 bridgehead atoms. The Balaban J connectivity index is 1.73. The van der Waals surface area contributed by atoms with Crippen molar-refractivity contribution in [3.8, 4) is 11.5 Å². The first-order valence-electron chi connectivity index (χ1n) is 8.23. The van der Waals surface area contributed by atoms with Gasteiger partial charge in [0.1, 0.15) is 0 Å². The molecular formula is C19H23N3O3S2. The van der Waals surface area contributed by atoms with Gasteiger partial charge in [-0.05, 0) is 42.4 Å². The van der Waals surface area contributed by atoms with Crippen LogP contribution in [0.15, 0.2) is 42.5 Å². The standard InChI is InChI=1S/C19H23N3O3S2/c1-13-6-4-5-7-14(13)11-27-12-18(23)21-22-19(26)20-15-8-9-16(24-2)17(10-15)25-3/h4-10H,11-12H2,1-3H3,(H,21,23)(H2,20,22,26). The summed E-state index contributed by atoms with van der Waals surface area (Å²) in [6, 6.07) is 13.5. The number of aryl methyl sites for hydroxylation is 1. The first kappa shape index (κ1) is 20.9. The third-order valence-electron chi connectivity index (χ3n) is 3.71. The lowest BCUT2D eigenvalue weighted by Crippen LogP contribution is -2.44. The number of thioether (sulfide) groups is 1. The number of rotatable bonds is 7. The van der Waals surface area contributed by atoms with E-state index in [2.05, 4.69) is 35.2 Å². The van der Waals surface area contributed by atoms with Gasteiger partial charge in [0.15, 0.2) is 16.6 Å². The largest absolute Gasteiger partial charge is 0.493 e. The Labute approximate surface area is 169 Å². The van der Waals surface area contributed by atoms with E-state index in [-0.39, 0.29) is 11.0 Å². The molecule has 27 heavy (non-hydrogen) atoms. The van der Waals surface area contributed by atoms with Crippen molar-refractivity contribution in [2.24, 2.45) is 0 Å². The Morgan fingerprint density at radius 1 is 1.07 bits per heavy atom. The molecule has 0 saturated heterocycles. The molecule has 0 aliphatic rings. The number of benzene rings is 2. The number of methoxy groups -OCH3 is 2. The second-order valence-corrected chi connectivity index (χ2v) is 7.01. The van der Waals surface area contributed by atoms with E-state index in [9.17, 15) is 4.79 Å². The highest BCUT2D eigenvalue weighted by molar-refractivity contribution is 7.99. The minimum atomic E-state index is -0.148. The Morgan fingerprint density at radius 3 is 2.52 bits per heavy atom. The van der Waals surface area contributed by atoms with Crippen LogP contribution < -0.4 is 25.6 Å². The van der Waals surface area contributed by atoms with E-state index in [1.165, 1.54) is 11.1 Å². The molecule has 1 amide bonds. The fourth-order valence-corrected chi connectivity index (χ4v) is 3.34. The molecule has 2 rings (SSSR count). The minimum absolute atomic E-state index is 0.148. The predicted octanol–water partition coefficient (Wildman–Crippen LogP) is 3.26. The summed E-state index contributed by atoms with van der Waals surface area (Å²) in [5.41, 5.74) is 8.45. The van der Waals surface area contributed by atoms with Crippen molar-refractivity contribution < 1.29 is 14.3 Å². The topological polar surface area (TPSA) is 71.6 Å². The summed E-state index contributed by atoms with van der Waals surface area (Å²) in [6.07, 6.45) is 0. The summed E-state index contributed by atoms with van der Waals surface area (Å²) in [7, 11) is 3.14. The molecule has 0 spiro atoms. The van der Waals surface area contributed by atoms with Crippen LogP contribution in [-0.2, 0) is 10.5 Å². The molecule has 2 aromatic carbocycles. The van der Waals surface area contributed by atoms with Gasteiger partial charge >= 0.3 is 0 Å². The van der Waals surface area contributed by atoms with Crippen molar-refractivity contribution in [2.45, 2.75) is 12.7 Å². The summed E-state index contributed by atoms with van der Waals surface area (Å²) in [4.78, 5) is 11.9. The number of hydrogen-bond donors (Lipinski definition) is 3. The molecule has 8 heteroatoms. The van der Waals surface area contributed by atoms with Crippen LogP contribution in [0.4, 0.5) is 5.69 Å². The normalized spacial score (nSPS) is 10.0. The second-order valence-electron chi connectivity index (χ2n) is 5.62. The van der Waals surface area contributed by atoms with Gasteiger partial charge in [0, 0.05) is 17.5 Å². The Morgan fingerprint density at radius 2 is 1.81 bits per heavy atom. The lowest BCUT2D eigenvalue weighted by molar-refractivity contribution is -0.119. The SMILES string of the molecule is COc1ccc(NC(=S)NNC(=O)CSCc2ccccc2C)cc1OC. The van der Waals surface area contributed by atoms with E-state index in [1.54, 1.807) is 44.2 Å². The van der Waals surface area contributed by atoms with Crippen molar-refractivity contribution in [1.82, 2.24) is 10.9 Å². The Bertz CT molecular complexity index is 800. The van der Waals surface area contributed by atoms with E-state index in [1.807, 2.05) is 12.1 Å².